The van der Waals surface area contributed by atoms with Crippen molar-refractivity contribution in [3.05, 3.63) is 51.7 Å². The number of nitrogens with two attached hydrogens (primary N) is 1. The van der Waals surface area contributed by atoms with Gasteiger partial charge in [0, 0.05) is 24.0 Å². The molecule has 0 saturated carbocycles. The summed E-state index contributed by atoms with van der Waals surface area (Å²) >= 11 is 0. The van der Waals surface area contributed by atoms with Gasteiger partial charge in [0.25, 0.3) is 5.91 Å². The van der Waals surface area contributed by atoms with E-state index in [1.54, 1.807) is 4.90 Å². The lowest BCUT2D eigenvalue weighted by Gasteiger charge is -2.29. The summed E-state index contributed by atoms with van der Waals surface area (Å²) in [6.45, 7) is 0.578. The molecule has 1 aliphatic heterocycles. The molecule has 8 heteroatoms. The maximum Gasteiger partial charge on any atom is 0.323 e. The van der Waals surface area contributed by atoms with E-state index in [9.17, 15) is 14.9 Å². The minimum atomic E-state index is -0.501. The highest BCUT2D eigenvalue weighted by Crippen LogP contribution is 2.32. The van der Waals surface area contributed by atoms with E-state index in [2.05, 4.69) is 0 Å². The maximum atomic E-state index is 12.8. The molecular weight excluding hydrogens is 320 g/mol. The third-order valence-electron chi connectivity index (χ3n) is 4.03. The standard InChI is InChI=1S/C15H16N4O3.ClH/c1-17-13(7-8-14(17)19(21)22)15(20)18-9-3-4-10-11(16)5-2-6-12(10)18;/h2,5-8H,3-4,9,16H2,1H3;1H. The molecule has 0 spiro atoms. The molecule has 0 unspecified atom stereocenters. The van der Waals surface area contributed by atoms with E-state index in [4.69, 9.17) is 5.73 Å². The summed E-state index contributed by atoms with van der Waals surface area (Å²) < 4.78 is 1.31. The van der Waals surface area contributed by atoms with Crippen LogP contribution in [0, 0.1) is 10.1 Å². The Bertz CT molecular complexity index is 772. The first-order valence-electron chi connectivity index (χ1n) is 7.00. The van der Waals surface area contributed by atoms with Crippen LogP contribution in [-0.4, -0.2) is 21.9 Å². The van der Waals surface area contributed by atoms with Crippen molar-refractivity contribution >= 4 is 35.5 Å². The molecule has 2 heterocycles. The van der Waals surface area contributed by atoms with Crippen molar-refractivity contribution in [3.8, 4) is 0 Å². The molecule has 0 aliphatic carbocycles. The topological polar surface area (TPSA) is 94.4 Å². The van der Waals surface area contributed by atoms with Gasteiger partial charge >= 0.3 is 5.82 Å². The fourth-order valence-electron chi connectivity index (χ4n) is 2.90. The number of anilines is 2. The van der Waals surface area contributed by atoms with Crippen molar-refractivity contribution in [2.24, 2.45) is 7.05 Å². The van der Waals surface area contributed by atoms with E-state index in [1.165, 1.54) is 23.7 Å². The minimum Gasteiger partial charge on any atom is -0.398 e. The molecule has 0 fully saturated rings. The van der Waals surface area contributed by atoms with Gasteiger partial charge in [-0.2, -0.15) is 0 Å². The summed E-state index contributed by atoms with van der Waals surface area (Å²) in [5, 5.41) is 10.9. The third-order valence-corrected chi connectivity index (χ3v) is 4.03. The summed E-state index contributed by atoms with van der Waals surface area (Å²) in [4.78, 5) is 24.8. The van der Waals surface area contributed by atoms with Crippen LogP contribution in [0.5, 0.6) is 0 Å². The first-order chi connectivity index (χ1) is 10.5. The second kappa shape index (κ2) is 6.29. The Morgan fingerprint density at radius 3 is 2.70 bits per heavy atom. The number of rotatable bonds is 2. The molecule has 0 radical (unpaired) electrons. The van der Waals surface area contributed by atoms with Crippen LogP contribution >= 0.6 is 12.4 Å². The van der Waals surface area contributed by atoms with E-state index in [-0.39, 0.29) is 24.1 Å². The third kappa shape index (κ3) is 2.75. The molecule has 122 valence electrons. The van der Waals surface area contributed by atoms with E-state index in [0.717, 1.165) is 24.1 Å². The van der Waals surface area contributed by atoms with Crippen molar-refractivity contribution in [2.45, 2.75) is 12.8 Å². The summed E-state index contributed by atoms with van der Waals surface area (Å²) in [5.41, 5.74) is 8.71. The van der Waals surface area contributed by atoms with Gasteiger partial charge in [-0.05, 0) is 41.5 Å². The molecule has 0 atom stereocenters. The first-order valence-corrected chi connectivity index (χ1v) is 7.00. The Kier molecular flexibility index (Phi) is 4.60. The quantitative estimate of drug-likeness (QED) is 0.518. The Morgan fingerprint density at radius 1 is 1.30 bits per heavy atom. The zero-order valence-corrected chi connectivity index (χ0v) is 13.4. The molecule has 2 aromatic rings. The number of fused-ring (bicyclic) bond motifs is 1. The number of hydrogen-bond donors (Lipinski definition) is 1. The zero-order valence-electron chi connectivity index (χ0n) is 12.6. The second-order valence-corrected chi connectivity index (χ2v) is 5.30. The lowest BCUT2D eigenvalue weighted by Crippen LogP contribution is -2.36. The smallest absolute Gasteiger partial charge is 0.323 e. The van der Waals surface area contributed by atoms with Gasteiger partial charge in [0.05, 0.1) is 7.05 Å². The Balaban J connectivity index is 0.00000192. The van der Waals surface area contributed by atoms with Gasteiger partial charge in [-0.3, -0.25) is 4.79 Å². The average molecular weight is 337 g/mol. The van der Waals surface area contributed by atoms with Crippen LogP contribution in [0.15, 0.2) is 30.3 Å². The van der Waals surface area contributed by atoms with Gasteiger partial charge in [0.1, 0.15) is 0 Å². The van der Waals surface area contributed by atoms with Crippen LogP contribution < -0.4 is 10.6 Å². The molecule has 7 nitrogen and oxygen atoms in total. The second-order valence-electron chi connectivity index (χ2n) is 5.30. The summed E-state index contributed by atoms with van der Waals surface area (Å²) in [7, 11) is 1.52. The molecule has 0 bridgehead atoms. The fraction of sp³-hybridized carbons (Fsp3) is 0.267. The normalized spacial score (nSPS) is 13.2. The number of nitrogen functional groups attached to an aromatic ring is 1. The van der Waals surface area contributed by atoms with E-state index >= 15 is 0 Å². The first kappa shape index (κ1) is 16.8. The lowest BCUT2D eigenvalue weighted by atomic mass is 9.99. The SMILES string of the molecule is Cl.Cn1c(C(=O)N2CCCc3c(N)cccc32)ccc1[N+](=O)[O-]. The highest BCUT2D eigenvalue weighted by molar-refractivity contribution is 6.06. The van der Waals surface area contributed by atoms with Crippen molar-refractivity contribution in [1.82, 2.24) is 4.57 Å². The average Bonchev–Trinajstić information content (AvgIpc) is 2.88. The number of carbonyl (C=O) groups is 1. The summed E-state index contributed by atoms with van der Waals surface area (Å²) in [6.07, 6.45) is 1.65. The highest BCUT2D eigenvalue weighted by Gasteiger charge is 2.29. The van der Waals surface area contributed by atoms with Gasteiger partial charge < -0.3 is 20.7 Å². The van der Waals surface area contributed by atoms with Gasteiger partial charge in [-0.1, -0.05) is 6.07 Å². The number of halogens is 1. The van der Waals surface area contributed by atoms with Gasteiger partial charge in [-0.15, -0.1) is 12.4 Å². The molecule has 0 saturated heterocycles. The number of nitrogens with zero attached hydrogens (tertiary/aromatic N) is 3. The van der Waals surface area contributed by atoms with Gasteiger partial charge in [-0.25, -0.2) is 4.57 Å². The van der Waals surface area contributed by atoms with Crippen molar-refractivity contribution in [3.63, 3.8) is 0 Å². The number of benzene rings is 1. The van der Waals surface area contributed by atoms with Crippen molar-refractivity contribution < 1.29 is 9.72 Å². The van der Waals surface area contributed by atoms with E-state index < -0.39 is 4.92 Å². The van der Waals surface area contributed by atoms with Crippen LogP contribution in [0.4, 0.5) is 17.2 Å². The van der Waals surface area contributed by atoms with Crippen LogP contribution in [0.25, 0.3) is 0 Å². The molecule has 1 aliphatic rings. The number of amides is 1. The largest absolute Gasteiger partial charge is 0.398 e. The number of aromatic nitrogens is 1. The molecule has 1 aromatic heterocycles. The number of nitro groups is 1. The monoisotopic (exact) mass is 336 g/mol. The van der Waals surface area contributed by atoms with Crippen molar-refractivity contribution in [2.75, 3.05) is 17.2 Å². The molecular formula is C15H17ClN4O3. The molecule has 3 rings (SSSR count). The number of carbonyl (C=O) groups excluding carboxylic acids is 1. The maximum absolute atomic E-state index is 12.8. The Morgan fingerprint density at radius 2 is 2.04 bits per heavy atom. The predicted molar refractivity (Wildman–Crippen MR) is 90.2 cm³/mol. The van der Waals surface area contributed by atoms with E-state index in [0.29, 0.717) is 17.9 Å². The molecule has 1 amide bonds. The lowest BCUT2D eigenvalue weighted by molar-refractivity contribution is -0.391. The Labute approximate surface area is 139 Å². The summed E-state index contributed by atoms with van der Waals surface area (Å²) in [6, 6.07) is 8.33. The number of hydrogen-bond acceptors (Lipinski definition) is 4. The van der Waals surface area contributed by atoms with Crippen LogP contribution in [0.1, 0.15) is 22.5 Å². The summed E-state index contributed by atoms with van der Waals surface area (Å²) in [5.74, 6) is -0.352. The van der Waals surface area contributed by atoms with Crippen LogP contribution in [0.2, 0.25) is 0 Å². The molecule has 1 aromatic carbocycles. The van der Waals surface area contributed by atoms with Gasteiger partial charge in [0.15, 0.2) is 5.69 Å². The van der Waals surface area contributed by atoms with E-state index in [1.807, 2.05) is 18.2 Å². The van der Waals surface area contributed by atoms with Crippen LogP contribution in [0.3, 0.4) is 0 Å². The zero-order chi connectivity index (χ0) is 15.9. The van der Waals surface area contributed by atoms with Crippen LogP contribution in [-0.2, 0) is 13.5 Å². The fourth-order valence-corrected chi connectivity index (χ4v) is 2.90. The molecule has 23 heavy (non-hydrogen) atoms. The minimum absolute atomic E-state index is 0. The van der Waals surface area contributed by atoms with Gasteiger partial charge in [0.2, 0.25) is 0 Å². The van der Waals surface area contributed by atoms with Crippen molar-refractivity contribution in [1.29, 1.82) is 0 Å². The highest BCUT2D eigenvalue weighted by atomic mass is 35.5. The Hall–Kier alpha value is -2.54. The predicted octanol–water partition coefficient (Wildman–Crippen LogP) is 2.53. The molecule has 2 N–H and O–H groups in total.